The minimum absolute atomic E-state index is 0.179. The fourth-order valence-corrected chi connectivity index (χ4v) is 3.51. The zero-order chi connectivity index (χ0) is 21.1. The van der Waals surface area contributed by atoms with Gasteiger partial charge in [0.25, 0.3) is 5.91 Å². The predicted octanol–water partition coefficient (Wildman–Crippen LogP) is 3.65. The van der Waals surface area contributed by atoms with Crippen LogP contribution in [-0.2, 0) is 11.2 Å². The lowest BCUT2D eigenvalue weighted by Crippen LogP contribution is -2.42. The Balaban J connectivity index is 1.38. The summed E-state index contributed by atoms with van der Waals surface area (Å²) in [5.74, 6) is -0.653. The van der Waals surface area contributed by atoms with Crippen molar-refractivity contribution in [2.75, 3.05) is 0 Å². The highest BCUT2D eigenvalue weighted by molar-refractivity contribution is 5.96. The van der Waals surface area contributed by atoms with Gasteiger partial charge in [-0.05, 0) is 60.5 Å². The number of amides is 2. The predicted molar refractivity (Wildman–Crippen MR) is 116 cm³/mol. The molecule has 30 heavy (non-hydrogen) atoms. The van der Waals surface area contributed by atoms with Gasteiger partial charge < -0.3 is 0 Å². The van der Waals surface area contributed by atoms with E-state index in [1.165, 1.54) is 0 Å². The van der Waals surface area contributed by atoms with Gasteiger partial charge in [0.1, 0.15) is 0 Å². The normalized spacial score (nSPS) is 10.7. The minimum atomic E-state index is -0.374. The molecule has 0 saturated heterocycles. The van der Waals surface area contributed by atoms with Gasteiger partial charge in [0.2, 0.25) is 5.91 Å². The molecule has 0 aliphatic carbocycles. The van der Waals surface area contributed by atoms with E-state index in [2.05, 4.69) is 16.0 Å². The molecule has 1 heterocycles. The maximum atomic E-state index is 12.4. The lowest BCUT2D eigenvalue weighted by molar-refractivity contribution is -0.121. The van der Waals surface area contributed by atoms with E-state index >= 15 is 0 Å². The summed E-state index contributed by atoms with van der Waals surface area (Å²) in [5, 5.41) is 6.54. The van der Waals surface area contributed by atoms with Gasteiger partial charge in [-0.15, -0.1) is 0 Å². The highest BCUT2D eigenvalue weighted by Crippen LogP contribution is 2.18. The van der Waals surface area contributed by atoms with Gasteiger partial charge in [-0.2, -0.15) is 5.10 Å². The van der Waals surface area contributed by atoms with Crippen molar-refractivity contribution in [1.29, 1.82) is 0 Å². The Labute approximate surface area is 174 Å². The molecule has 0 saturated carbocycles. The zero-order valence-electron chi connectivity index (χ0n) is 16.8. The number of nitrogens with zero attached hydrogens (tertiary/aromatic N) is 2. The van der Waals surface area contributed by atoms with Gasteiger partial charge in [-0.25, -0.2) is 4.68 Å². The molecule has 0 aliphatic rings. The fourth-order valence-electron chi connectivity index (χ4n) is 3.51. The Morgan fingerprint density at radius 2 is 1.63 bits per heavy atom. The monoisotopic (exact) mass is 398 g/mol. The number of nitrogens with one attached hydrogen (secondary N) is 2. The van der Waals surface area contributed by atoms with Crippen LogP contribution in [0.4, 0.5) is 0 Å². The van der Waals surface area contributed by atoms with Crippen LogP contribution in [-0.4, -0.2) is 21.6 Å². The molecule has 2 N–H and O–H groups in total. The van der Waals surface area contributed by atoms with Crippen LogP contribution >= 0.6 is 0 Å². The Hall–Kier alpha value is -3.93. The summed E-state index contributed by atoms with van der Waals surface area (Å²) in [6.45, 7) is 3.92. The molecule has 4 rings (SSSR count). The average molecular weight is 398 g/mol. The molecule has 0 aliphatic heterocycles. The van der Waals surface area contributed by atoms with Gasteiger partial charge in [-0.1, -0.05) is 42.5 Å². The summed E-state index contributed by atoms with van der Waals surface area (Å²) in [6.07, 6.45) is 0.179. The van der Waals surface area contributed by atoms with Crippen molar-refractivity contribution < 1.29 is 9.59 Å². The molecular weight excluding hydrogens is 376 g/mol. The maximum absolute atomic E-state index is 12.4. The molecule has 2 amide bonds. The second kappa shape index (κ2) is 8.21. The Kier molecular flexibility index (Phi) is 5.30. The first-order valence-corrected chi connectivity index (χ1v) is 9.71. The van der Waals surface area contributed by atoms with Crippen LogP contribution in [0.3, 0.4) is 0 Å². The third kappa shape index (κ3) is 4.07. The van der Waals surface area contributed by atoms with E-state index in [1.807, 2.05) is 79.2 Å². The summed E-state index contributed by atoms with van der Waals surface area (Å²) >= 11 is 0. The van der Waals surface area contributed by atoms with E-state index in [-0.39, 0.29) is 18.2 Å². The van der Waals surface area contributed by atoms with E-state index in [9.17, 15) is 9.59 Å². The van der Waals surface area contributed by atoms with Crippen LogP contribution in [0.5, 0.6) is 0 Å². The maximum Gasteiger partial charge on any atom is 0.269 e. The van der Waals surface area contributed by atoms with Crippen LogP contribution in [0.1, 0.15) is 27.3 Å². The molecule has 3 aromatic carbocycles. The lowest BCUT2D eigenvalue weighted by atomic mass is 10.0. The topological polar surface area (TPSA) is 76.0 Å². The van der Waals surface area contributed by atoms with Crippen molar-refractivity contribution >= 4 is 22.6 Å². The molecule has 4 aromatic rings. The Morgan fingerprint density at radius 3 is 2.37 bits per heavy atom. The molecule has 0 fully saturated rings. The molecular formula is C24H22N4O2. The van der Waals surface area contributed by atoms with Crippen LogP contribution in [0.25, 0.3) is 16.5 Å². The molecule has 0 atom stereocenters. The van der Waals surface area contributed by atoms with Gasteiger partial charge in [-0.3, -0.25) is 20.4 Å². The summed E-state index contributed by atoms with van der Waals surface area (Å²) in [7, 11) is 0. The first-order valence-electron chi connectivity index (χ1n) is 9.71. The number of hydrogen-bond acceptors (Lipinski definition) is 3. The largest absolute Gasteiger partial charge is 0.273 e. The van der Waals surface area contributed by atoms with Crippen LogP contribution in [0.15, 0.2) is 72.8 Å². The van der Waals surface area contributed by atoms with Crippen molar-refractivity contribution in [3.63, 3.8) is 0 Å². The van der Waals surface area contributed by atoms with Crippen LogP contribution < -0.4 is 10.9 Å². The number of carbonyl (C=O) groups is 2. The van der Waals surface area contributed by atoms with E-state index in [4.69, 9.17) is 0 Å². The van der Waals surface area contributed by atoms with Gasteiger partial charge >= 0.3 is 0 Å². The first kappa shape index (κ1) is 19.4. The average Bonchev–Trinajstić information content (AvgIpc) is 3.10. The lowest BCUT2D eigenvalue weighted by Gasteiger charge is -2.10. The van der Waals surface area contributed by atoms with Crippen molar-refractivity contribution in [2.45, 2.75) is 20.3 Å². The number of aryl methyl sites for hydroxylation is 2. The number of carbonyl (C=O) groups excluding carboxylic acids is 2. The van der Waals surface area contributed by atoms with Crippen molar-refractivity contribution in [3.8, 4) is 5.69 Å². The number of hydrazine groups is 1. The Morgan fingerprint density at radius 1 is 0.900 bits per heavy atom. The molecule has 6 nitrogen and oxygen atoms in total. The van der Waals surface area contributed by atoms with Gasteiger partial charge in [0.05, 0.1) is 17.8 Å². The highest BCUT2D eigenvalue weighted by atomic mass is 16.2. The number of hydrogen-bond donors (Lipinski definition) is 2. The quantitative estimate of drug-likeness (QED) is 0.515. The van der Waals surface area contributed by atoms with Crippen LogP contribution in [0, 0.1) is 13.8 Å². The summed E-state index contributed by atoms with van der Waals surface area (Å²) in [6, 6.07) is 22.8. The molecule has 0 spiro atoms. The second-order valence-corrected chi connectivity index (χ2v) is 7.20. The second-order valence-electron chi connectivity index (χ2n) is 7.20. The van der Waals surface area contributed by atoms with E-state index in [0.29, 0.717) is 5.56 Å². The number of aromatic nitrogens is 2. The standard InChI is InChI=1S/C24H22N4O2/c1-16-14-17(2)28(27-16)21-12-10-19(11-13-21)24(30)26-25-23(29)15-20-8-5-7-18-6-3-4-9-22(18)20/h3-14H,15H2,1-2H3,(H,25,29)(H,26,30). The van der Waals surface area contributed by atoms with Gasteiger partial charge in [0.15, 0.2) is 0 Å². The van der Waals surface area contributed by atoms with E-state index < -0.39 is 0 Å². The SMILES string of the molecule is Cc1cc(C)n(-c2ccc(C(=O)NNC(=O)Cc3cccc4ccccc34)cc2)n1. The van der Waals surface area contributed by atoms with Gasteiger partial charge in [0, 0.05) is 11.3 Å². The fraction of sp³-hybridized carbons (Fsp3) is 0.125. The molecule has 150 valence electrons. The number of rotatable bonds is 4. The molecule has 1 aromatic heterocycles. The van der Waals surface area contributed by atoms with Crippen molar-refractivity contribution in [3.05, 3.63) is 95.3 Å². The molecule has 0 bridgehead atoms. The highest BCUT2D eigenvalue weighted by Gasteiger charge is 2.11. The van der Waals surface area contributed by atoms with E-state index in [0.717, 1.165) is 33.4 Å². The third-order valence-electron chi connectivity index (χ3n) is 4.93. The summed E-state index contributed by atoms with van der Waals surface area (Å²) in [5.41, 5.74) is 9.16. The smallest absolute Gasteiger partial charge is 0.269 e. The Bertz CT molecular complexity index is 1220. The molecule has 6 heteroatoms. The summed E-state index contributed by atoms with van der Waals surface area (Å²) < 4.78 is 1.82. The van der Waals surface area contributed by atoms with Crippen molar-refractivity contribution in [2.24, 2.45) is 0 Å². The number of benzene rings is 3. The summed E-state index contributed by atoms with van der Waals surface area (Å²) in [4.78, 5) is 24.7. The molecule has 0 unspecified atom stereocenters. The third-order valence-corrected chi connectivity index (χ3v) is 4.93. The number of fused-ring (bicyclic) bond motifs is 1. The van der Waals surface area contributed by atoms with Crippen LogP contribution in [0.2, 0.25) is 0 Å². The first-order chi connectivity index (χ1) is 14.5. The zero-order valence-corrected chi connectivity index (χ0v) is 16.8. The minimum Gasteiger partial charge on any atom is -0.273 e. The molecule has 0 radical (unpaired) electrons. The van der Waals surface area contributed by atoms with Crippen molar-refractivity contribution in [1.82, 2.24) is 20.6 Å². The van der Waals surface area contributed by atoms with E-state index in [1.54, 1.807) is 12.1 Å².